The van der Waals surface area contributed by atoms with Gasteiger partial charge in [0.25, 0.3) is 0 Å². The van der Waals surface area contributed by atoms with Crippen molar-refractivity contribution >= 4 is 11.8 Å². The van der Waals surface area contributed by atoms with Crippen LogP contribution in [0.25, 0.3) is 0 Å². The standard InChI is InChI=1S/C23H36N2O3/c1-22(2,3)28-21(26)24-11-8-17-15-19-7-10-23(4,5)25(13-14-27-6)20(19)16-18(17)9-12-24/h15-16H,7-14H2,1-6H3. The van der Waals surface area contributed by atoms with Crippen LogP contribution >= 0.6 is 0 Å². The first-order chi connectivity index (χ1) is 13.1. The Morgan fingerprint density at radius 2 is 1.71 bits per heavy atom. The molecule has 156 valence electrons. The van der Waals surface area contributed by atoms with Gasteiger partial charge in [0.05, 0.1) is 6.61 Å². The zero-order chi connectivity index (χ0) is 20.5. The van der Waals surface area contributed by atoms with E-state index in [-0.39, 0.29) is 11.6 Å². The molecule has 5 nitrogen and oxygen atoms in total. The van der Waals surface area contributed by atoms with E-state index in [1.54, 1.807) is 7.11 Å². The van der Waals surface area contributed by atoms with Crippen LogP contribution in [0.3, 0.4) is 0 Å². The van der Waals surface area contributed by atoms with Crippen LogP contribution in [-0.2, 0) is 28.7 Å². The SMILES string of the molecule is COCCN1c2cc3c(cc2CCC1(C)C)CCN(C(=O)OC(C)(C)C)CC3. The molecule has 0 spiro atoms. The number of benzene rings is 1. The first-order valence-corrected chi connectivity index (χ1v) is 10.5. The van der Waals surface area contributed by atoms with Crippen LogP contribution in [0.2, 0.25) is 0 Å². The fourth-order valence-electron chi connectivity index (χ4n) is 4.28. The fourth-order valence-corrected chi connectivity index (χ4v) is 4.28. The molecule has 3 rings (SSSR count). The number of aryl methyl sites for hydroxylation is 1. The van der Waals surface area contributed by atoms with E-state index in [9.17, 15) is 4.79 Å². The molecule has 28 heavy (non-hydrogen) atoms. The van der Waals surface area contributed by atoms with Gasteiger partial charge in [-0.15, -0.1) is 0 Å². The van der Waals surface area contributed by atoms with E-state index in [2.05, 4.69) is 30.9 Å². The van der Waals surface area contributed by atoms with E-state index < -0.39 is 5.60 Å². The van der Waals surface area contributed by atoms with Gasteiger partial charge in [-0.3, -0.25) is 0 Å². The van der Waals surface area contributed by atoms with E-state index in [0.29, 0.717) is 6.54 Å². The summed E-state index contributed by atoms with van der Waals surface area (Å²) in [6.45, 7) is 13.5. The van der Waals surface area contributed by atoms with Gasteiger partial charge >= 0.3 is 6.09 Å². The van der Waals surface area contributed by atoms with Crippen molar-refractivity contribution in [2.24, 2.45) is 0 Å². The Balaban J connectivity index is 1.82. The van der Waals surface area contributed by atoms with Crippen molar-refractivity contribution in [2.75, 3.05) is 38.3 Å². The number of ether oxygens (including phenoxy) is 2. The molecule has 1 amide bonds. The number of methoxy groups -OCH3 is 1. The summed E-state index contributed by atoms with van der Waals surface area (Å²) in [5.41, 5.74) is 5.20. The minimum absolute atomic E-state index is 0.132. The van der Waals surface area contributed by atoms with E-state index in [4.69, 9.17) is 9.47 Å². The number of hydrogen-bond acceptors (Lipinski definition) is 4. The Bertz CT molecular complexity index is 721. The lowest BCUT2D eigenvalue weighted by atomic mass is 9.84. The molecule has 0 N–H and O–H groups in total. The number of carbonyl (C=O) groups excluding carboxylic acids is 1. The first-order valence-electron chi connectivity index (χ1n) is 10.5. The highest BCUT2D eigenvalue weighted by molar-refractivity contribution is 5.68. The molecule has 0 saturated heterocycles. The van der Waals surface area contributed by atoms with Crippen molar-refractivity contribution in [1.29, 1.82) is 0 Å². The Kier molecular flexibility index (Phi) is 5.95. The lowest BCUT2D eigenvalue weighted by molar-refractivity contribution is 0.0258. The topological polar surface area (TPSA) is 42.0 Å². The largest absolute Gasteiger partial charge is 0.444 e. The van der Waals surface area contributed by atoms with Crippen molar-refractivity contribution in [1.82, 2.24) is 4.90 Å². The van der Waals surface area contributed by atoms with Crippen molar-refractivity contribution in [3.63, 3.8) is 0 Å². The highest BCUT2D eigenvalue weighted by Crippen LogP contribution is 2.39. The van der Waals surface area contributed by atoms with Crippen molar-refractivity contribution < 1.29 is 14.3 Å². The highest BCUT2D eigenvalue weighted by Gasteiger charge is 2.33. The Morgan fingerprint density at radius 1 is 1.07 bits per heavy atom. The minimum atomic E-state index is -0.456. The second-order valence-electron chi connectivity index (χ2n) is 9.67. The second-order valence-corrected chi connectivity index (χ2v) is 9.67. The Morgan fingerprint density at radius 3 is 2.32 bits per heavy atom. The molecule has 2 heterocycles. The number of nitrogens with zero attached hydrogens (tertiary/aromatic N) is 2. The zero-order valence-electron chi connectivity index (χ0n) is 18.4. The summed E-state index contributed by atoms with van der Waals surface area (Å²) in [5, 5.41) is 0. The summed E-state index contributed by atoms with van der Waals surface area (Å²) < 4.78 is 11.0. The third kappa shape index (κ3) is 4.62. The number of hydrogen-bond donors (Lipinski definition) is 0. The average Bonchev–Trinajstić information content (AvgIpc) is 2.80. The molecule has 2 aliphatic rings. The van der Waals surface area contributed by atoms with Gasteiger partial charge in [-0.25, -0.2) is 4.79 Å². The van der Waals surface area contributed by atoms with Gasteiger partial charge in [-0.1, -0.05) is 6.07 Å². The quantitative estimate of drug-likeness (QED) is 0.778. The molecular formula is C23H36N2O3. The van der Waals surface area contributed by atoms with Crippen molar-refractivity contribution in [3.8, 4) is 0 Å². The summed E-state index contributed by atoms with van der Waals surface area (Å²) in [7, 11) is 1.76. The van der Waals surface area contributed by atoms with Crippen LogP contribution in [0.15, 0.2) is 12.1 Å². The molecule has 1 aromatic rings. The molecule has 0 radical (unpaired) electrons. The number of rotatable bonds is 3. The Labute approximate surface area is 170 Å². The average molecular weight is 389 g/mol. The third-order valence-electron chi connectivity index (χ3n) is 5.90. The fraction of sp³-hybridized carbons (Fsp3) is 0.696. The third-order valence-corrected chi connectivity index (χ3v) is 5.90. The predicted molar refractivity (Wildman–Crippen MR) is 113 cm³/mol. The summed E-state index contributed by atoms with van der Waals surface area (Å²) >= 11 is 0. The number of fused-ring (bicyclic) bond motifs is 2. The smallest absolute Gasteiger partial charge is 0.410 e. The van der Waals surface area contributed by atoms with Gasteiger partial charge in [0, 0.05) is 38.0 Å². The summed E-state index contributed by atoms with van der Waals surface area (Å²) in [4.78, 5) is 16.9. The molecule has 0 bridgehead atoms. The molecule has 0 aromatic heterocycles. The maximum atomic E-state index is 12.5. The lowest BCUT2D eigenvalue weighted by Crippen LogP contribution is -2.49. The van der Waals surface area contributed by atoms with Gasteiger partial charge in [0.15, 0.2) is 0 Å². The Hall–Kier alpha value is -1.75. The number of amides is 1. The van der Waals surface area contributed by atoms with Crippen LogP contribution in [0.5, 0.6) is 0 Å². The monoisotopic (exact) mass is 388 g/mol. The second kappa shape index (κ2) is 7.94. The van der Waals surface area contributed by atoms with Crippen LogP contribution in [-0.4, -0.2) is 55.5 Å². The highest BCUT2D eigenvalue weighted by atomic mass is 16.6. The van der Waals surface area contributed by atoms with Gasteiger partial charge in [-0.05, 0) is 83.1 Å². The molecule has 1 aromatic carbocycles. The number of carbonyl (C=O) groups is 1. The van der Waals surface area contributed by atoms with Gasteiger partial charge in [0.2, 0.25) is 0 Å². The summed E-state index contributed by atoms with van der Waals surface area (Å²) in [6, 6.07) is 4.76. The minimum Gasteiger partial charge on any atom is -0.444 e. The van der Waals surface area contributed by atoms with Crippen LogP contribution in [0.1, 0.15) is 57.7 Å². The molecule has 0 fully saturated rings. The van der Waals surface area contributed by atoms with Gasteiger partial charge in [0.1, 0.15) is 5.60 Å². The van der Waals surface area contributed by atoms with Gasteiger partial charge < -0.3 is 19.3 Å². The number of anilines is 1. The van der Waals surface area contributed by atoms with Crippen LogP contribution < -0.4 is 4.90 Å². The maximum absolute atomic E-state index is 12.5. The van der Waals surface area contributed by atoms with E-state index >= 15 is 0 Å². The van der Waals surface area contributed by atoms with Crippen LogP contribution in [0.4, 0.5) is 10.5 Å². The lowest BCUT2D eigenvalue weighted by Gasteiger charge is -2.45. The molecule has 5 heteroatoms. The van der Waals surface area contributed by atoms with Crippen LogP contribution in [0, 0.1) is 0 Å². The molecule has 0 aliphatic carbocycles. The summed E-state index contributed by atoms with van der Waals surface area (Å²) in [6.07, 6.45) is 3.82. The van der Waals surface area contributed by atoms with E-state index in [1.807, 2.05) is 25.7 Å². The molecular weight excluding hydrogens is 352 g/mol. The van der Waals surface area contributed by atoms with Gasteiger partial charge in [-0.2, -0.15) is 0 Å². The van der Waals surface area contributed by atoms with E-state index in [1.165, 1.54) is 22.4 Å². The molecule has 0 saturated carbocycles. The van der Waals surface area contributed by atoms with Crippen molar-refractivity contribution in [2.45, 2.75) is 71.4 Å². The van der Waals surface area contributed by atoms with E-state index in [0.717, 1.165) is 45.4 Å². The molecule has 2 aliphatic heterocycles. The first kappa shape index (κ1) is 21.0. The zero-order valence-corrected chi connectivity index (χ0v) is 18.4. The maximum Gasteiger partial charge on any atom is 0.410 e. The predicted octanol–water partition coefficient (Wildman–Crippen LogP) is 4.20. The molecule has 0 unspecified atom stereocenters. The summed E-state index contributed by atoms with van der Waals surface area (Å²) in [5.74, 6) is 0. The van der Waals surface area contributed by atoms with Crippen molar-refractivity contribution in [3.05, 3.63) is 28.8 Å². The normalized spacial score (nSPS) is 18.9. The molecule has 0 atom stereocenters.